The summed E-state index contributed by atoms with van der Waals surface area (Å²) in [5, 5.41) is 12.5. The molecule has 0 aliphatic rings. The molecule has 9 heteroatoms. The van der Waals surface area contributed by atoms with E-state index in [1.54, 1.807) is 11.8 Å². The van der Waals surface area contributed by atoms with Crippen molar-refractivity contribution in [1.82, 2.24) is 24.4 Å². The number of ether oxygens (including phenoxy) is 2. The van der Waals surface area contributed by atoms with E-state index in [0.29, 0.717) is 23.3 Å². The quantitative estimate of drug-likeness (QED) is 0.489. The van der Waals surface area contributed by atoms with Crippen LogP contribution in [0, 0.1) is 6.92 Å². The molecule has 0 unspecified atom stereocenters. The summed E-state index contributed by atoms with van der Waals surface area (Å²) in [5.74, 6) is 2.17. The van der Waals surface area contributed by atoms with Crippen LogP contribution in [0.1, 0.15) is 12.6 Å². The zero-order valence-electron chi connectivity index (χ0n) is 16.3. The minimum Gasteiger partial charge on any atom is -0.497 e. The van der Waals surface area contributed by atoms with Crippen LogP contribution in [0.5, 0.6) is 11.5 Å². The van der Waals surface area contributed by atoms with Gasteiger partial charge in [0, 0.05) is 17.2 Å². The number of rotatable bonds is 7. The lowest BCUT2D eigenvalue weighted by molar-refractivity contribution is 0.340. The van der Waals surface area contributed by atoms with Gasteiger partial charge in [-0.2, -0.15) is 9.36 Å². The van der Waals surface area contributed by atoms with Crippen molar-refractivity contribution in [1.29, 1.82) is 0 Å². The first kappa shape index (κ1) is 18.9. The third kappa shape index (κ3) is 4.04. The van der Waals surface area contributed by atoms with Crippen LogP contribution in [0.3, 0.4) is 0 Å². The molecule has 0 spiro atoms. The molecule has 29 heavy (non-hydrogen) atoms. The fourth-order valence-electron chi connectivity index (χ4n) is 2.80. The Morgan fingerprint density at radius 2 is 1.76 bits per heavy atom. The summed E-state index contributed by atoms with van der Waals surface area (Å²) in [6.45, 7) is 4.55. The number of nitrogens with one attached hydrogen (secondary N) is 1. The van der Waals surface area contributed by atoms with Crippen LogP contribution in [-0.4, -0.2) is 38.1 Å². The Hall–Kier alpha value is -3.46. The zero-order valence-corrected chi connectivity index (χ0v) is 17.1. The van der Waals surface area contributed by atoms with E-state index >= 15 is 0 Å². The van der Waals surface area contributed by atoms with Crippen LogP contribution in [0.15, 0.2) is 48.5 Å². The van der Waals surface area contributed by atoms with E-state index in [-0.39, 0.29) is 0 Å². The topological polar surface area (TPSA) is 87.0 Å². The number of anilines is 2. The monoisotopic (exact) mass is 408 g/mol. The molecule has 148 valence electrons. The molecule has 2 aromatic heterocycles. The van der Waals surface area contributed by atoms with Gasteiger partial charge in [0.1, 0.15) is 11.5 Å². The second-order valence-corrected chi connectivity index (χ2v) is 6.89. The Balaban J connectivity index is 1.52. The molecule has 1 N–H and O–H groups in total. The maximum atomic E-state index is 5.46. The maximum Gasteiger partial charge on any atom is 0.207 e. The third-order valence-corrected chi connectivity index (χ3v) is 4.90. The van der Waals surface area contributed by atoms with Gasteiger partial charge in [-0.05, 0) is 62.4 Å². The summed E-state index contributed by atoms with van der Waals surface area (Å²) >= 11 is 1.28. The number of methoxy groups -OCH3 is 1. The van der Waals surface area contributed by atoms with Gasteiger partial charge in [0.05, 0.1) is 25.1 Å². The third-order valence-electron chi connectivity index (χ3n) is 4.27. The van der Waals surface area contributed by atoms with Gasteiger partial charge in [0.15, 0.2) is 11.5 Å². The highest BCUT2D eigenvalue weighted by molar-refractivity contribution is 7.09. The minimum absolute atomic E-state index is 0.542. The van der Waals surface area contributed by atoms with Crippen LogP contribution in [0.25, 0.3) is 17.2 Å². The molecular weight excluding hydrogens is 388 g/mol. The highest BCUT2D eigenvalue weighted by Gasteiger charge is 2.17. The number of benzene rings is 2. The van der Waals surface area contributed by atoms with Gasteiger partial charge in [-0.15, -0.1) is 5.10 Å². The van der Waals surface area contributed by atoms with Crippen molar-refractivity contribution in [2.24, 2.45) is 0 Å². The Morgan fingerprint density at radius 1 is 1.03 bits per heavy atom. The number of nitrogens with zero attached hydrogens (tertiary/aromatic N) is 5. The molecular formula is C20H20N6O2S. The SMILES string of the molecule is CCOc1ccc(Nc2nc(-c3nnn(-c4ccc(OC)cc4)c3C)ns2)cc1. The maximum absolute atomic E-state index is 5.46. The van der Waals surface area contributed by atoms with Gasteiger partial charge in [-0.25, -0.2) is 4.68 Å². The molecule has 0 bridgehead atoms. The molecule has 2 heterocycles. The minimum atomic E-state index is 0.542. The van der Waals surface area contributed by atoms with Gasteiger partial charge < -0.3 is 14.8 Å². The van der Waals surface area contributed by atoms with E-state index in [9.17, 15) is 0 Å². The average Bonchev–Trinajstić information content (AvgIpc) is 3.36. The van der Waals surface area contributed by atoms with Crippen molar-refractivity contribution in [2.45, 2.75) is 13.8 Å². The standard InChI is InChI=1S/C20H20N6O2S/c1-4-28-17-9-5-14(6-10-17)21-20-22-19(24-29-20)18-13(2)26(25-23-18)15-7-11-16(27-3)12-8-15/h5-12H,4H2,1-3H3,(H,21,22,24). The highest BCUT2D eigenvalue weighted by Crippen LogP contribution is 2.26. The Morgan fingerprint density at radius 3 is 2.45 bits per heavy atom. The Kier molecular flexibility index (Phi) is 5.39. The van der Waals surface area contributed by atoms with Crippen molar-refractivity contribution in [3.63, 3.8) is 0 Å². The second-order valence-electron chi connectivity index (χ2n) is 6.14. The molecule has 0 atom stereocenters. The van der Waals surface area contributed by atoms with E-state index in [2.05, 4.69) is 25.0 Å². The molecule has 0 radical (unpaired) electrons. The van der Waals surface area contributed by atoms with Crippen molar-refractivity contribution < 1.29 is 9.47 Å². The van der Waals surface area contributed by atoms with Crippen molar-refractivity contribution in [2.75, 3.05) is 19.0 Å². The molecule has 2 aromatic carbocycles. The van der Waals surface area contributed by atoms with Crippen molar-refractivity contribution >= 4 is 22.4 Å². The van der Waals surface area contributed by atoms with Crippen LogP contribution in [0.2, 0.25) is 0 Å². The van der Waals surface area contributed by atoms with Crippen LogP contribution >= 0.6 is 11.5 Å². The Bertz CT molecular complexity index is 1090. The lowest BCUT2D eigenvalue weighted by Crippen LogP contribution is -1.99. The number of aromatic nitrogens is 5. The largest absolute Gasteiger partial charge is 0.497 e. The fourth-order valence-corrected chi connectivity index (χ4v) is 3.39. The molecule has 4 rings (SSSR count). The van der Waals surface area contributed by atoms with Gasteiger partial charge in [0.2, 0.25) is 5.13 Å². The molecule has 4 aromatic rings. The molecule has 8 nitrogen and oxygen atoms in total. The fraction of sp³-hybridized carbons (Fsp3) is 0.200. The molecule has 0 amide bonds. The lowest BCUT2D eigenvalue weighted by atomic mass is 10.2. The first-order chi connectivity index (χ1) is 14.2. The van der Waals surface area contributed by atoms with E-state index in [4.69, 9.17) is 9.47 Å². The molecule has 0 aliphatic heterocycles. The van der Waals surface area contributed by atoms with Crippen molar-refractivity contribution in [3.05, 3.63) is 54.2 Å². The van der Waals surface area contributed by atoms with Crippen LogP contribution < -0.4 is 14.8 Å². The smallest absolute Gasteiger partial charge is 0.207 e. The summed E-state index contributed by atoms with van der Waals surface area (Å²) in [6, 6.07) is 15.3. The Labute approximate surface area is 172 Å². The average molecular weight is 408 g/mol. The van der Waals surface area contributed by atoms with Crippen molar-refractivity contribution in [3.8, 4) is 28.7 Å². The predicted molar refractivity (Wildman–Crippen MR) is 112 cm³/mol. The molecule has 0 saturated heterocycles. The first-order valence-electron chi connectivity index (χ1n) is 9.08. The van der Waals surface area contributed by atoms with E-state index in [1.165, 1.54) is 11.5 Å². The summed E-state index contributed by atoms with van der Waals surface area (Å²) < 4.78 is 16.9. The van der Waals surface area contributed by atoms with Gasteiger partial charge in [0.25, 0.3) is 0 Å². The van der Waals surface area contributed by atoms with Gasteiger partial charge in [-0.1, -0.05) is 5.21 Å². The zero-order chi connectivity index (χ0) is 20.2. The van der Waals surface area contributed by atoms with E-state index in [1.807, 2.05) is 62.4 Å². The summed E-state index contributed by atoms with van der Waals surface area (Å²) in [5.41, 5.74) is 3.32. The molecule has 0 aliphatic carbocycles. The normalized spacial score (nSPS) is 10.7. The first-order valence-corrected chi connectivity index (χ1v) is 9.86. The van der Waals surface area contributed by atoms with E-state index < -0.39 is 0 Å². The molecule has 0 saturated carbocycles. The highest BCUT2D eigenvalue weighted by atomic mass is 32.1. The number of hydrogen-bond donors (Lipinski definition) is 1. The van der Waals surface area contributed by atoms with Crippen LogP contribution in [0.4, 0.5) is 10.8 Å². The second kappa shape index (κ2) is 8.27. The lowest BCUT2D eigenvalue weighted by Gasteiger charge is -2.05. The summed E-state index contributed by atoms with van der Waals surface area (Å²) in [6.07, 6.45) is 0. The van der Waals surface area contributed by atoms with E-state index in [0.717, 1.165) is 28.6 Å². The summed E-state index contributed by atoms with van der Waals surface area (Å²) in [4.78, 5) is 4.56. The van der Waals surface area contributed by atoms with Crippen LogP contribution in [-0.2, 0) is 0 Å². The molecule has 0 fully saturated rings. The summed E-state index contributed by atoms with van der Waals surface area (Å²) in [7, 11) is 1.64. The number of hydrogen-bond acceptors (Lipinski definition) is 8. The van der Waals surface area contributed by atoms with Gasteiger partial charge >= 0.3 is 0 Å². The van der Waals surface area contributed by atoms with Gasteiger partial charge in [-0.3, -0.25) is 0 Å². The predicted octanol–water partition coefficient (Wildman–Crippen LogP) is 4.25.